The average molecular weight is 726 g/mol. The summed E-state index contributed by atoms with van der Waals surface area (Å²) in [6, 6.07) is 16.5. The van der Waals surface area contributed by atoms with E-state index >= 15 is 0 Å². The Labute approximate surface area is 275 Å². The maximum absolute atomic E-state index is 14.5. The van der Waals surface area contributed by atoms with Gasteiger partial charge in [0.05, 0.1) is 18.1 Å². The number of piperidine rings is 1. The van der Waals surface area contributed by atoms with Crippen molar-refractivity contribution in [2.75, 3.05) is 20.1 Å². The van der Waals surface area contributed by atoms with Crippen LogP contribution in [0.2, 0.25) is 5.02 Å². The van der Waals surface area contributed by atoms with Crippen LogP contribution in [0.4, 0.5) is 0 Å². The molecule has 3 atom stereocenters. The molecule has 2 unspecified atom stereocenters. The molecule has 1 saturated heterocycles. The molecule has 4 aromatic rings. The Kier molecular flexibility index (Phi) is 9.67. The highest BCUT2D eigenvalue weighted by Crippen LogP contribution is 2.47. The monoisotopic (exact) mass is 723 g/mol. The van der Waals surface area contributed by atoms with Crippen molar-refractivity contribution in [3.8, 4) is 0 Å². The number of nitrogens with zero attached hydrogens (tertiary/aromatic N) is 5. The second-order valence-corrected chi connectivity index (χ2v) is 14.0. The predicted molar refractivity (Wildman–Crippen MR) is 178 cm³/mol. The fraction of sp³-hybridized carbons (Fsp3) is 0.382. The van der Waals surface area contributed by atoms with Crippen LogP contribution >= 0.6 is 43.5 Å². The maximum Gasteiger partial charge on any atom is 0.240 e. The summed E-state index contributed by atoms with van der Waals surface area (Å²) in [7, 11) is 2.10. The number of aryl methyl sites for hydroxylation is 3. The third-order valence-electron chi connectivity index (χ3n) is 9.02. The van der Waals surface area contributed by atoms with E-state index in [0.717, 1.165) is 70.4 Å². The number of rotatable bonds is 8. The first-order chi connectivity index (χ1) is 20.9. The van der Waals surface area contributed by atoms with Gasteiger partial charge in [-0.2, -0.15) is 0 Å². The van der Waals surface area contributed by atoms with E-state index in [9.17, 15) is 4.79 Å². The van der Waals surface area contributed by atoms with E-state index in [4.69, 9.17) is 16.6 Å². The average Bonchev–Trinajstić information content (AvgIpc) is 3.46. The highest BCUT2D eigenvalue weighted by Gasteiger charge is 2.41. The molecule has 2 aromatic heterocycles. The van der Waals surface area contributed by atoms with Gasteiger partial charge in [-0.05, 0) is 108 Å². The van der Waals surface area contributed by atoms with Crippen molar-refractivity contribution in [3.05, 3.63) is 115 Å². The molecule has 2 aliphatic rings. The molecule has 3 heterocycles. The predicted octanol–water partition coefficient (Wildman–Crippen LogP) is 7.52. The molecule has 6 rings (SSSR count). The number of likely N-dealkylation sites (tertiary alicyclic amines) is 1. The van der Waals surface area contributed by atoms with Crippen molar-refractivity contribution in [3.63, 3.8) is 0 Å². The van der Waals surface area contributed by atoms with Gasteiger partial charge in [0.15, 0.2) is 0 Å². The topological polar surface area (TPSA) is 54.3 Å². The van der Waals surface area contributed by atoms with Crippen molar-refractivity contribution >= 4 is 49.4 Å². The smallest absolute Gasteiger partial charge is 0.240 e. The van der Waals surface area contributed by atoms with E-state index in [1.54, 1.807) is 6.20 Å². The largest absolute Gasteiger partial charge is 0.337 e. The van der Waals surface area contributed by atoms with Crippen LogP contribution in [0.15, 0.2) is 82.4 Å². The van der Waals surface area contributed by atoms with Crippen LogP contribution in [0.3, 0.4) is 0 Å². The summed E-state index contributed by atoms with van der Waals surface area (Å²) in [6.45, 7) is 2.98. The first kappa shape index (κ1) is 30.5. The highest BCUT2D eigenvalue weighted by molar-refractivity contribution is 9.10. The number of likely N-dealkylation sites (N-methyl/N-ethyl adjacent to an activating group) is 1. The fourth-order valence-electron chi connectivity index (χ4n) is 6.88. The fourth-order valence-corrected chi connectivity index (χ4v) is 8.38. The Morgan fingerprint density at radius 3 is 2.72 bits per heavy atom. The third-order valence-corrected chi connectivity index (χ3v) is 10.3. The van der Waals surface area contributed by atoms with Gasteiger partial charge in [0.2, 0.25) is 5.91 Å². The number of halogens is 3. The van der Waals surface area contributed by atoms with Gasteiger partial charge in [-0.15, -0.1) is 0 Å². The Hall–Kier alpha value is -2.52. The molecule has 43 heavy (non-hydrogen) atoms. The van der Waals surface area contributed by atoms with Gasteiger partial charge >= 0.3 is 0 Å². The highest BCUT2D eigenvalue weighted by atomic mass is 79.9. The molecule has 0 spiro atoms. The molecule has 1 fully saturated rings. The lowest BCUT2D eigenvalue weighted by molar-refractivity contribution is -0.139. The van der Waals surface area contributed by atoms with Gasteiger partial charge in [0, 0.05) is 58.1 Å². The molecule has 0 bridgehead atoms. The standard InChI is InChI=1S/C34H36Br2ClN5O/c1-40-14-10-25(32-31-24(17-28(37)19-29(31)36)8-9-26-16-27(35)20-39-33(26)32)18-30(40)34(43)42(21-23-6-3-2-4-7-23)13-5-12-41-15-11-38-22-41/h2-4,6-7,11,15-17,19-20,22,25,30,32H,5,8-10,12-14,18,21H2,1H3/t25-,30?,32?/m1/s1. The van der Waals surface area contributed by atoms with Crippen LogP contribution in [0.5, 0.6) is 0 Å². The van der Waals surface area contributed by atoms with E-state index in [0.29, 0.717) is 13.1 Å². The van der Waals surface area contributed by atoms with E-state index in [1.165, 1.54) is 16.7 Å². The molecule has 224 valence electrons. The molecule has 1 amide bonds. The number of carbonyl (C=O) groups excluding carboxylic acids is 1. The lowest BCUT2D eigenvalue weighted by Crippen LogP contribution is -2.51. The van der Waals surface area contributed by atoms with Gasteiger partial charge < -0.3 is 9.47 Å². The molecule has 6 nitrogen and oxygen atoms in total. The Bertz CT molecular complexity index is 1560. The Morgan fingerprint density at radius 2 is 1.93 bits per heavy atom. The van der Waals surface area contributed by atoms with E-state index in [2.05, 4.69) is 82.5 Å². The number of amides is 1. The molecule has 1 aliphatic carbocycles. The maximum atomic E-state index is 14.5. The minimum atomic E-state index is -0.201. The quantitative estimate of drug-likeness (QED) is 0.189. The number of pyridine rings is 1. The summed E-state index contributed by atoms with van der Waals surface area (Å²) in [4.78, 5) is 28.0. The molecular formula is C34H36Br2ClN5O. The van der Waals surface area contributed by atoms with E-state index in [-0.39, 0.29) is 23.8 Å². The molecule has 9 heteroatoms. The van der Waals surface area contributed by atoms with Crippen molar-refractivity contribution in [1.82, 2.24) is 24.3 Å². The summed E-state index contributed by atoms with van der Waals surface area (Å²) in [6.07, 6.45) is 12.0. The normalized spacial score (nSPS) is 20.2. The van der Waals surface area contributed by atoms with Gasteiger partial charge in [0.1, 0.15) is 0 Å². The zero-order valence-corrected chi connectivity index (χ0v) is 28.2. The van der Waals surface area contributed by atoms with Crippen LogP contribution in [0.1, 0.15) is 53.1 Å². The number of carbonyl (C=O) groups is 1. The summed E-state index contributed by atoms with van der Waals surface area (Å²) in [5.74, 6) is 0.547. The first-order valence-electron chi connectivity index (χ1n) is 15.0. The van der Waals surface area contributed by atoms with Crippen LogP contribution in [0.25, 0.3) is 0 Å². The Morgan fingerprint density at radius 1 is 1.12 bits per heavy atom. The van der Waals surface area contributed by atoms with Gasteiger partial charge in [-0.3, -0.25) is 14.7 Å². The Balaban J connectivity index is 1.30. The SMILES string of the molecule is CN1CC[C@@H](C2c3ncc(Br)cc3CCc3cc(Cl)cc(Br)c32)CC1C(=O)N(CCCn1ccnc1)Cc1ccccc1. The van der Waals surface area contributed by atoms with Crippen LogP contribution in [0, 0.1) is 5.92 Å². The summed E-state index contributed by atoms with van der Waals surface area (Å²) in [5, 5.41) is 0.744. The van der Waals surface area contributed by atoms with E-state index < -0.39 is 0 Å². The van der Waals surface area contributed by atoms with Gasteiger partial charge in [-0.1, -0.05) is 57.9 Å². The first-order valence-corrected chi connectivity index (χ1v) is 16.9. The molecule has 0 N–H and O–H groups in total. The lowest BCUT2D eigenvalue weighted by Gasteiger charge is -2.42. The van der Waals surface area contributed by atoms with Crippen molar-refractivity contribution in [2.45, 2.75) is 57.2 Å². The van der Waals surface area contributed by atoms with Gasteiger partial charge in [0.25, 0.3) is 0 Å². The summed E-state index contributed by atoms with van der Waals surface area (Å²) >= 11 is 14.1. The minimum absolute atomic E-state index is 0.0834. The zero-order valence-electron chi connectivity index (χ0n) is 24.3. The molecule has 0 saturated carbocycles. The molecule has 1 aliphatic heterocycles. The number of hydrogen-bond acceptors (Lipinski definition) is 4. The lowest BCUT2D eigenvalue weighted by atomic mass is 9.74. The number of fused-ring (bicyclic) bond motifs is 2. The summed E-state index contributed by atoms with van der Waals surface area (Å²) in [5.41, 5.74) is 6.10. The van der Waals surface area contributed by atoms with Crippen LogP contribution < -0.4 is 0 Å². The third kappa shape index (κ3) is 6.93. The number of aromatic nitrogens is 3. The second-order valence-electron chi connectivity index (χ2n) is 11.8. The molecule has 0 radical (unpaired) electrons. The molecule has 2 aromatic carbocycles. The number of hydrogen-bond donors (Lipinski definition) is 0. The minimum Gasteiger partial charge on any atom is -0.337 e. The molecular weight excluding hydrogens is 690 g/mol. The van der Waals surface area contributed by atoms with Crippen LogP contribution in [-0.4, -0.2) is 56.4 Å². The van der Waals surface area contributed by atoms with Crippen molar-refractivity contribution in [2.24, 2.45) is 5.92 Å². The zero-order chi connectivity index (χ0) is 29.9. The second kappa shape index (κ2) is 13.6. The van der Waals surface area contributed by atoms with Crippen LogP contribution in [-0.2, 0) is 30.7 Å². The number of benzene rings is 2. The van der Waals surface area contributed by atoms with Gasteiger partial charge in [-0.25, -0.2) is 4.98 Å². The van der Waals surface area contributed by atoms with E-state index in [1.807, 2.05) is 43.0 Å². The summed E-state index contributed by atoms with van der Waals surface area (Å²) < 4.78 is 4.10. The number of imidazole rings is 1. The van der Waals surface area contributed by atoms with Crippen molar-refractivity contribution in [1.29, 1.82) is 0 Å². The van der Waals surface area contributed by atoms with Crippen molar-refractivity contribution < 1.29 is 4.79 Å².